The van der Waals surface area contributed by atoms with E-state index in [1.54, 1.807) is 0 Å². The van der Waals surface area contributed by atoms with Crippen molar-refractivity contribution in [2.75, 3.05) is 0 Å². The maximum atomic E-state index is 9.75. The van der Waals surface area contributed by atoms with Gasteiger partial charge in [0.05, 0.1) is 0 Å². The molecule has 98 valence electrons. The summed E-state index contributed by atoms with van der Waals surface area (Å²) in [6.45, 7) is 0. The Morgan fingerprint density at radius 1 is 0.375 bits per heavy atom. The molecule has 0 atom stereocenters. The van der Waals surface area contributed by atoms with Crippen LogP contribution in [-0.4, -0.2) is 21.8 Å². The van der Waals surface area contributed by atoms with Crippen LogP contribution in [0.25, 0.3) is 0 Å². The van der Waals surface area contributed by atoms with Crippen molar-refractivity contribution in [1.82, 2.24) is 0 Å². The van der Waals surface area contributed by atoms with Crippen LogP contribution in [0, 0.1) is 0 Å². The van der Waals surface area contributed by atoms with E-state index in [1.807, 2.05) is 0 Å². The van der Waals surface area contributed by atoms with Gasteiger partial charge in [-0.05, 0) is 0 Å². The Hall–Kier alpha value is 1.41. The van der Waals surface area contributed by atoms with Crippen LogP contribution in [0.3, 0.4) is 0 Å². The second-order valence-corrected chi connectivity index (χ2v) is 1.48. The number of rotatable bonds is 0. The van der Waals surface area contributed by atoms with Crippen LogP contribution in [-0.2, 0) is 0 Å². The molecular formula is HB3CsF12-3. The molecule has 0 aromatic carbocycles. The predicted molar refractivity (Wildman–Crippen MR) is 31.7 cm³/mol. The zero-order chi connectivity index (χ0) is 13.5. The van der Waals surface area contributed by atoms with E-state index in [4.69, 9.17) is 0 Å². The van der Waals surface area contributed by atoms with Crippen molar-refractivity contribution in [1.29, 1.82) is 0 Å². The zero-order valence-electron chi connectivity index (χ0n) is 8.27. The summed E-state index contributed by atoms with van der Waals surface area (Å²) in [5.74, 6) is 0. The molecule has 0 unspecified atom stereocenters. The SMILES string of the molecule is F[B-](F)(F)F.F[B-](F)(F)F.F[B-](F)(F)F.[Cs+].[H-]. The average molecular weight is 394 g/mol. The molecule has 0 aliphatic carbocycles. The Kier molecular flexibility index (Phi) is 16.8. The fraction of sp³-hybridized carbons (Fsp3) is 0. The first-order valence-corrected chi connectivity index (χ1v) is 2.62. The summed E-state index contributed by atoms with van der Waals surface area (Å²) < 4.78 is 117. The van der Waals surface area contributed by atoms with Gasteiger partial charge in [0.1, 0.15) is 0 Å². The molecule has 16 heteroatoms. The van der Waals surface area contributed by atoms with Crippen LogP contribution < -0.4 is 68.9 Å². The topological polar surface area (TPSA) is 0 Å². The molecule has 16 heavy (non-hydrogen) atoms. The summed E-state index contributed by atoms with van der Waals surface area (Å²) in [6.07, 6.45) is 0. The van der Waals surface area contributed by atoms with Gasteiger partial charge in [-0.2, -0.15) is 0 Å². The Morgan fingerprint density at radius 2 is 0.375 bits per heavy atom. The van der Waals surface area contributed by atoms with E-state index in [0.717, 1.165) is 0 Å². The monoisotopic (exact) mass is 395 g/mol. The van der Waals surface area contributed by atoms with E-state index in [1.165, 1.54) is 0 Å². The van der Waals surface area contributed by atoms with Crippen LogP contribution in [0.15, 0.2) is 0 Å². The molecule has 0 aliphatic heterocycles. The molecule has 0 N–H and O–H groups in total. The van der Waals surface area contributed by atoms with Crippen molar-refractivity contribution < 1.29 is 122 Å². The second kappa shape index (κ2) is 10.3. The largest absolute Gasteiger partial charge is 1.00 e. The Bertz CT molecular complexity index is 96.8. The standard InChI is InChI=1S/3BF4.Cs.H/c3*2-1(3,4)5;;/q3*-1;+1;-1. The van der Waals surface area contributed by atoms with E-state index < -0.39 is 21.8 Å². The molecule has 0 fully saturated rings. The van der Waals surface area contributed by atoms with Crippen molar-refractivity contribution in [3.8, 4) is 0 Å². The summed E-state index contributed by atoms with van der Waals surface area (Å²) in [7, 11) is -18.0. The summed E-state index contributed by atoms with van der Waals surface area (Å²) in [6, 6.07) is 0. The van der Waals surface area contributed by atoms with Gasteiger partial charge in [-0.3, -0.25) is 0 Å². The minimum absolute atomic E-state index is 0. The molecule has 0 saturated carbocycles. The molecule has 0 bridgehead atoms. The van der Waals surface area contributed by atoms with Crippen LogP contribution in [0.4, 0.5) is 51.8 Å². The Morgan fingerprint density at radius 3 is 0.375 bits per heavy atom. The van der Waals surface area contributed by atoms with Crippen molar-refractivity contribution in [3.63, 3.8) is 0 Å². The molecule has 0 saturated heterocycles. The molecule has 0 amide bonds. The third-order valence-corrected chi connectivity index (χ3v) is 0. The summed E-state index contributed by atoms with van der Waals surface area (Å²) >= 11 is 0. The molecule has 0 aromatic rings. The third-order valence-electron chi connectivity index (χ3n) is 0. The van der Waals surface area contributed by atoms with E-state index in [-0.39, 0.29) is 70.3 Å². The van der Waals surface area contributed by atoms with Gasteiger partial charge in [-0.25, -0.2) is 0 Å². The maximum absolute atomic E-state index is 9.75. The van der Waals surface area contributed by atoms with Gasteiger partial charge < -0.3 is 53.2 Å². The fourth-order valence-corrected chi connectivity index (χ4v) is 0. The zero-order valence-corrected chi connectivity index (χ0v) is 13.5. The van der Waals surface area contributed by atoms with Gasteiger partial charge in [0.15, 0.2) is 0 Å². The van der Waals surface area contributed by atoms with E-state index in [9.17, 15) is 51.8 Å². The van der Waals surface area contributed by atoms with Crippen LogP contribution in [0.5, 0.6) is 0 Å². The normalized spacial score (nSPS) is 11.2. The van der Waals surface area contributed by atoms with Gasteiger partial charge in [0.2, 0.25) is 0 Å². The minimum atomic E-state index is -6.00. The molecule has 0 aromatic heterocycles. The van der Waals surface area contributed by atoms with Crippen LogP contribution >= 0.6 is 0 Å². The predicted octanol–water partition coefficient (Wildman–Crippen LogP) is 1.02. The Labute approximate surface area is 142 Å². The van der Waals surface area contributed by atoms with Gasteiger partial charge in [-0.15, -0.1) is 0 Å². The molecule has 0 nitrogen and oxygen atoms in total. The van der Waals surface area contributed by atoms with Gasteiger partial charge in [0, 0.05) is 0 Å². The van der Waals surface area contributed by atoms with Gasteiger partial charge in [-0.1, -0.05) is 0 Å². The van der Waals surface area contributed by atoms with Gasteiger partial charge >= 0.3 is 90.7 Å². The fourth-order valence-electron chi connectivity index (χ4n) is 0. The van der Waals surface area contributed by atoms with Gasteiger partial charge in [0.25, 0.3) is 0 Å². The second-order valence-electron chi connectivity index (χ2n) is 1.48. The number of hydrogen-bond donors (Lipinski definition) is 0. The van der Waals surface area contributed by atoms with Crippen molar-refractivity contribution in [2.45, 2.75) is 0 Å². The van der Waals surface area contributed by atoms with E-state index in [2.05, 4.69) is 0 Å². The quantitative estimate of drug-likeness (QED) is 0.425. The van der Waals surface area contributed by atoms with Crippen molar-refractivity contribution in [2.24, 2.45) is 0 Å². The summed E-state index contributed by atoms with van der Waals surface area (Å²) in [5, 5.41) is 0. The average Bonchev–Trinajstić information content (AvgIpc) is 1.41. The minimum Gasteiger partial charge on any atom is -1.00 e. The van der Waals surface area contributed by atoms with Crippen LogP contribution in [0.1, 0.15) is 1.43 Å². The number of hydrogen-bond acceptors (Lipinski definition) is 0. The summed E-state index contributed by atoms with van der Waals surface area (Å²) in [4.78, 5) is 0. The smallest absolute Gasteiger partial charge is 1.00 e. The third kappa shape index (κ3) is 1620. The van der Waals surface area contributed by atoms with Crippen LogP contribution in [0.2, 0.25) is 0 Å². The maximum Gasteiger partial charge on any atom is 1.00 e. The molecule has 0 spiro atoms. The Balaban J connectivity index is -0.0000000400. The number of halogens is 12. The molecular weight excluding hydrogens is 393 g/mol. The molecule has 0 rings (SSSR count). The summed E-state index contributed by atoms with van der Waals surface area (Å²) in [5.41, 5.74) is 0. The first-order chi connectivity index (χ1) is 6.00. The van der Waals surface area contributed by atoms with E-state index in [0.29, 0.717) is 0 Å². The van der Waals surface area contributed by atoms with E-state index >= 15 is 0 Å². The molecule has 0 radical (unpaired) electrons. The first-order valence-electron chi connectivity index (χ1n) is 2.62. The van der Waals surface area contributed by atoms with Crippen molar-refractivity contribution in [3.05, 3.63) is 0 Å². The van der Waals surface area contributed by atoms with Crippen molar-refractivity contribution >= 4 is 21.8 Å². The molecule has 0 heterocycles. The molecule has 0 aliphatic rings. The first kappa shape index (κ1) is 26.1.